The number of amides is 1. The van der Waals surface area contributed by atoms with Gasteiger partial charge in [0, 0.05) is 11.4 Å². The number of thioether (sulfide) groups is 1. The molecule has 0 saturated heterocycles. The molecule has 1 amide bonds. The highest BCUT2D eigenvalue weighted by Crippen LogP contribution is 2.24. The summed E-state index contributed by atoms with van der Waals surface area (Å²) < 4.78 is 28.2. The lowest BCUT2D eigenvalue weighted by Crippen LogP contribution is -2.22. The number of sulfonamides is 1. The standard InChI is InChI=1S/C24H26N2O3S2/c1-17-8-7-9-18(2)23(17)26-31(28,29)22-14-12-21(13-15-22)25-24(27)19(3)30-16-20-10-5-4-6-11-20/h4-15,19,26H,16H2,1-3H3,(H,25,27)/t19-/m1/s1. The molecule has 0 fully saturated rings. The fraction of sp³-hybridized carbons (Fsp3) is 0.208. The Hall–Kier alpha value is -2.77. The van der Waals surface area contributed by atoms with Gasteiger partial charge in [0.1, 0.15) is 0 Å². The molecule has 0 unspecified atom stereocenters. The highest BCUT2D eigenvalue weighted by Gasteiger charge is 2.18. The molecule has 7 heteroatoms. The third kappa shape index (κ3) is 6.12. The van der Waals surface area contributed by atoms with E-state index >= 15 is 0 Å². The summed E-state index contributed by atoms with van der Waals surface area (Å²) >= 11 is 1.55. The maximum absolute atomic E-state index is 12.8. The molecule has 0 aliphatic rings. The lowest BCUT2D eigenvalue weighted by molar-refractivity contribution is -0.115. The molecule has 3 rings (SSSR count). The number of benzene rings is 3. The Bertz CT molecular complexity index is 1120. The quantitative estimate of drug-likeness (QED) is 0.480. The molecule has 2 N–H and O–H groups in total. The number of nitrogens with one attached hydrogen (secondary N) is 2. The van der Waals surface area contributed by atoms with Crippen molar-refractivity contribution in [1.82, 2.24) is 0 Å². The summed E-state index contributed by atoms with van der Waals surface area (Å²) in [7, 11) is -3.73. The topological polar surface area (TPSA) is 75.3 Å². The van der Waals surface area contributed by atoms with E-state index in [0.29, 0.717) is 11.4 Å². The minimum absolute atomic E-state index is 0.120. The highest BCUT2D eigenvalue weighted by molar-refractivity contribution is 7.99. The minimum Gasteiger partial charge on any atom is -0.325 e. The van der Waals surface area contributed by atoms with Gasteiger partial charge in [-0.1, -0.05) is 48.5 Å². The van der Waals surface area contributed by atoms with E-state index in [-0.39, 0.29) is 16.1 Å². The van der Waals surface area contributed by atoms with Crippen LogP contribution in [0, 0.1) is 13.8 Å². The maximum Gasteiger partial charge on any atom is 0.261 e. The van der Waals surface area contributed by atoms with Crippen molar-refractivity contribution in [1.29, 1.82) is 0 Å². The van der Waals surface area contributed by atoms with Crippen molar-refractivity contribution >= 4 is 39.1 Å². The van der Waals surface area contributed by atoms with E-state index in [1.807, 2.05) is 69.3 Å². The molecule has 1 atom stereocenters. The normalized spacial score (nSPS) is 12.2. The third-order valence-electron chi connectivity index (χ3n) is 4.86. The zero-order valence-corrected chi connectivity index (χ0v) is 19.4. The van der Waals surface area contributed by atoms with Crippen LogP contribution in [0.2, 0.25) is 0 Å². The Morgan fingerprint density at radius 3 is 2.13 bits per heavy atom. The van der Waals surface area contributed by atoms with Crippen LogP contribution in [0.15, 0.2) is 77.7 Å². The Kier molecular flexibility index (Phi) is 7.41. The highest BCUT2D eigenvalue weighted by atomic mass is 32.2. The summed E-state index contributed by atoms with van der Waals surface area (Å²) in [6.07, 6.45) is 0. The van der Waals surface area contributed by atoms with Gasteiger partial charge in [0.2, 0.25) is 5.91 Å². The van der Waals surface area contributed by atoms with Gasteiger partial charge in [-0.3, -0.25) is 9.52 Å². The van der Waals surface area contributed by atoms with Crippen molar-refractivity contribution in [2.45, 2.75) is 36.7 Å². The molecule has 0 radical (unpaired) electrons. The van der Waals surface area contributed by atoms with Crippen LogP contribution in [0.1, 0.15) is 23.6 Å². The molecule has 0 spiro atoms. The molecule has 162 valence electrons. The van der Waals surface area contributed by atoms with Crippen LogP contribution in [-0.2, 0) is 20.6 Å². The molecule has 0 aliphatic heterocycles. The second-order valence-electron chi connectivity index (χ2n) is 7.32. The van der Waals surface area contributed by atoms with E-state index in [2.05, 4.69) is 10.0 Å². The molecule has 0 bridgehead atoms. The first kappa shape index (κ1) is 22.9. The molecule has 0 heterocycles. The van der Waals surface area contributed by atoms with E-state index in [1.54, 1.807) is 23.9 Å². The van der Waals surface area contributed by atoms with Crippen molar-refractivity contribution in [2.24, 2.45) is 0 Å². The summed E-state index contributed by atoms with van der Waals surface area (Å²) in [5, 5.41) is 2.61. The van der Waals surface area contributed by atoms with Gasteiger partial charge in [-0.25, -0.2) is 8.42 Å². The summed E-state index contributed by atoms with van der Waals surface area (Å²) in [6, 6.07) is 21.8. The second kappa shape index (κ2) is 10.0. The van der Waals surface area contributed by atoms with Crippen molar-refractivity contribution < 1.29 is 13.2 Å². The fourth-order valence-electron chi connectivity index (χ4n) is 3.00. The van der Waals surface area contributed by atoms with Crippen LogP contribution in [-0.4, -0.2) is 19.6 Å². The molecule has 0 saturated carbocycles. The van der Waals surface area contributed by atoms with Gasteiger partial charge in [-0.2, -0.15) is 0 Å². The van der Waals surface area contributed by atoms with Crippen molar-refractivity contribution in [3.8, 4) is 0 Å². The van der Waals surface area contributed by atoms with E-state index in [4.69, 9.17) is 0 Å². The first-order valence-electron chi connectivity index (χ1n) is 9.92. The average molecular weight is 455 g/mol. The largest absolute Gasteiger partial charge is 0.325 e. The number of carbonyl (C=O) groups is 1. The number of aryl methyl sites for hydroxylation is 2. The maximum atomic E-state index is 12.8. The van der Waals surface area contributed by atoms with Gasteiger partial charge >= 0.3 is 0 Å². The van der Waals surface area contributed by atoms with Crippen molar-refractivity contribution in [3.05, 3.63) is 89.5 Å². The molecule has 3 aromatic carbocycles. The van der Waals surface area contributed by atoms with Gasteiger partial charge in [0.05, 0.1) is 15.8 Å². The Morgan fingerprint density at radius 1 is 0.903 bits per heavy atom. The lowest BCUT2D eigenvalue weighted by atomic mass is 10.1. The van der Waals surface area contributed by atoms with Crippen LogP contribution < -0.4 is 10.0 Å². The Labute approximate surface area is 188 Å². The van der Waals surface area contributed by atoms with Gasteiger partial charge < -0.3 is 5.32 Å². The van der Waals surface area contributed by atoms with Crippen LogP contribution in [0.4, 0.5) is 11.4 Å². The zero-order valence-electron chi connectivity index (χ0n) is 17.8. The number of hydrogen-bond acceptors (Lipinski definition) is 4. The first-order chi connectivity index (χ1) is 14.8. The predicted octanol–water partition coefficient (Wildman–Crippen LogP) is 5.36. The molecule has 0 aliphatic carbocycles. The Morgan fingerprint density at radius 2 is 1.52 bits per heavy atom. The third-order valence-corrected chi connectivity index (χ3v) is 7.44. The monoisotopic (exact) mass is 454 g/mol. The number of hydrogen-bond donors (Lipinski definition) is 2. The van der Waals surface area contributed by atoms with Crippen LogP contribution >= 0.6 is 11.8 Å². The number of carbonyl (C=O) groups excluding carboxylic acids is 1. The van der Waals surface area contributed by atoms with Crippen LogP contribution in [0.3, 0.4) is 0 Å². The van der Waals surface area contributed by atoms with Gasteiger partial charge in [0.25, 0.3) is 10.0 Å². The van der Waals surface area contributed by atoms with E-state index < -0.39 is 10.0 Å². The van der Waals surface area contributed by atoms with Gasteiger partial charge in [-0.15, -0.1) is 11.8 Å². The van der Waals surface area contributed by atoms with Gasteiger partial charge in [-0.05, 0) is 61.7 Å². The molecule has 0 aromatic heterocycles. The van der Waals surface area contributed by atoms with Gasteiger partial charge in [0.15, 0.2) is 0 Å². The molecular weight excluding hydrogens is 428 g/mol. The number of anilines is 2. The minimum atomic E-state index is -3.73. The summed E-state index contributed by atoms with van der Waals surface area (Å²) in [5.41, 5.74) is 4.02. The average Bonchev–Trinajstić information content (AvgIpc) is 2.76. The van der Waals surface area contributed by atoms with E-state index in [0.717, 1.165) is 22.4 Å². The summed E-state index contributed by atoms with van der Waals surface area (Å²) in [6.45, 7) is 5.58. The fourth-order valence-corrected chi connectivity index (χ4v) is 5.05. The van der Waals surface area contributed by atoms with Crippen LogP contribution in [0.25, 0.3) is 0 Å². The zero-order chi connectivity index (χ0) is 22.4. The predicted molar refractivity (Wildman–Crippen MR) is 129 cm³/mol. The molecule has 5 nitrogen and oxygen atoms in total. The molecule has 3 aromatic rings. The van der Waals surface area contributed by atoms with Crippen molar-refractivity contribution in [2.75, 3.05) is 10.0 Å². The van der Waals surface area contributed by atoms with Crippen molar-refractivity contribution in [3.63, 3.8) is 0 Å². The first-order valence-corrected chi connectivity index (χ1v) is 12.4. The smallest absolute Gasteiger partial charge is 0.261 e. The van der Waals surface area contributed by atoms with Crippen LogP contribution in [0.5, 0.6) is 0 Å². The molecule has 31 heavy (non-hydrogen) atoms. The second-order valence-corrected chi connectivity index (χ2v) is 10.3. The SMILES string of the molecule is Cc1cccc(C)c1NS(=O)(=O)c1ccc(NC(=O)[C@@H](C)SCc2ccccc2)cc1. The lowest BCUT2D eigenvalue weighted by Gasteiger charge is -2.14. The Balaban J connectivity index is 1.62. The number of para-hydroxylation sites is 1. The number of rotatable bonds is 8. The summed E-state index contributed by atoms with van der Waals surface area (Å²) in [4.78, 5) is 12.6. The summed E-state index contributed by atoms with van der Waals surface area (Å²) in [5.74, 6) is 0.626. The molecular formula is C24H26N2O3S2. The van der Waals surface area contributed by atoms with E-state index in [9.17, 15) is 13.2 Å². The van der Waals surface area contributed by atoms with E-state index in [1.165, 1.54) is 12.1 Å².